The Morgan fingerprint density at radius 3 is 2.31 bits per heavy atom. The predicted molar refractivity (Wildman–Crippen MR) is 119 cm³/mol. The lowest BCUT2D eigenvalue weighted by molar-refractivity contribution is -0.137. The van der Waals surface area contributed by atoms with Crippen LogP contribution < -0.4 is 0 Å². The van der Waals surface area contributed by atoms with Crippen LogP contribution in [0.3, 0.4) is 0 Å². The predicted octanol–water partition coefficient (Wildman–Crippen LogP) is 4.35. The van der Waals surface area contributed by atoms with Gasteiger partial charge in [-0.3, -0.25) is 10.1 Å². The van der Waals surface area contributed by atoms with Crippen molar-refractivity contribution in [2.45, 2.75) is 63.0 Å². The van der Waals surface area contributed by atoms with Crippen LogP contribution in [0, 0.1) is 16.7 Å². The lowest BCUT2D eigenvalue weighted by Gasteiger charge is -2.63. The number of hydrogen-bond acceptors (Lipinski definition) is 4. The summed E-state index contributed by atoms with van der Waals surface area (Å²) >= 11 is 0. The first-order chi connectivity index (χ1) is 16.7. The molecule has 0 radical (unpaired) electrons. The van der Waals surface area contributed by atoms with E-state index < -0.39 is 11.7 Å². The highest BCUT2D eigenvalue weighted by atomic mass is 19.4. The van der Waals surface area contributed by atoms with Crippen molar-refractivity contribution in [3.63, 3.8) is 0 Å². The summed E-state index contributed by atoms with van der Waals surface area (Å²) in [6.07, 6.45) is 3.96. The Morgan fingerprint density at radius 2 is 1.69 bits per heavy atom. The van der Waals surface area contributed by atoms with E-state index >= 15 is 0 Å². The minimum atomic E-state index is -4.33. The maximum Gasteiger partial charge on any atom is 0.416 e. The first kappa shape index (κ1) is 21.6. The zero-order valence-corrected chi connectivity index (χ0v) is 19.5. The van der Waals surface area contributed by atoms with Crippen LogP contribution in [-0.4, -0.2) is 62.2 Å². The number of amides is 2. The second-order valence-electron chi connectivity index (χ2n) is 12.0. The number of aromatic nitrogens is 4. The molecule has 5 aliphatic rings. The molecule has 3 saturated carbocycles. The van der Waals surface area contributed by atoms with Crippen LogP contribution in [0.25, 0.3) is 0 Å². The number of H-pyrrole nitrogens is 1. The molecule has 2 aromatic heterocycles. The lowest BCUT2D eigenvalue weighted by atomic mass is 9.56. The second kappa shape index (κ2) is 7.20. The van der Waals surface area contributed by atoms with Gasteiger partial charge in [0.25, 0.3) is 0 Å². The fourth-order valence-electron chi connectivity index (χ4n) is 7.06. The molecule has 4 heterocycles. The van der Waals surface area contributed by atoms with Crippen molar-refractivity contribution >= 4 is 6.03 Å². The molecule has 1 N–H and O–H groups in total. The van der Waals surface area contributed by atoms with E-state index in [2.05, 4.69) is 15.2 Å². The van der Waals surface area contributed by atoms with Crippen LogP contribution in [0.15, 0.2) is 18.3 Å². The van der Waals surface area contributed by atoms with Crippen LogP contribution in [0.5, 0.6) is 0 Å². The van der Waals surface area contributed by atoms with Gasteiger partial charge in [0.15, 0.2) is 5.82 Å². The quantitative estimate of drug-likeness (QED) is 0.697. The average Bonchev–Trinajstić information content (AvgIpc) is 3.44. The number of pyridine rings is 1. The fourth-order valence-corrected chi connectivity index (χ4v) is 7.06. The van der Waals surface area contributed by atoms with Crippen molar-refractivity contribution in [1.82, 2.24) is 30.0 Å². The minimum Gasteiger partial charge on any atom is -0.323 e. The lowest BCUT2D eigenvalue weighted by Crippen LogP contribution is -2.71. The van der Waals surface area contributed by atoms with Crippen molar-refractivity contribution in [3.05, 3.63) is 41.2 Å². The van der Waals surface area contributed by atoms with Crippen LogP contribution in [-0.2, 0) is 12.6 Å². The van der Waals surface area contributed by atoms with Crippen LogP contribution in [0.4, 0.5) is 18.0 Å². The molecule has 0 atom stereocenters. The molecule has 7 rings (SSSR count). The topological polar surface area (TPSA) is 78.0 Å². The Labute approximate surface area is 201 Å². The van der Waals surface area contributed by atoms with Crippen molar-refractivity contribution in [2.24, 2.45) is 16.7 Å². The van der Waals surface area contributed by atoms with Crippen LogP contribution >= 0.6 is 0 Å². The van der Waals surface area contributed by atoms with Gasteiger partial charge in [0, 0.05) is 60.7 Å². The normalized spacial score (nSPS) is 25.2. The van der Waals surface area contributed by atoms with Crippen LogP contribution in [0.1, 0.15) is 73.3 Å². The molecule has 5 fully saturated rings. The molecule has 0 aromatic carbocycles. The minimum absolute atomic E-state index is 0.140. The van der Waals surface area contributed by atoms with E-state index in [1.807, 2.05) is 9.80 Å². The summed E-state index contributed by atoms with van der Waals surface area (Å²) in [4.78, 5) is 25.7. The number of halogens is 3. The number of nitrogens with zero attached hydrogens (tertiary/aromatic N) is 5. The number of urea groups is 1. The SMILES string of the molecule is O=C(N1CC2(CC(Cc3cc(C(F)(F)F)ccn3)C2)C1)N1CC2(CC(c3n[nH]c(C4CC4)n3)C2)C1. The van der Waals surface area contributed by atoms with Gasteiger partial charge in [-0.15, -0.1) is 0 Å². The monoisotopic (exact) mass is 486 g/mol. The van der Waals surface area contributed by atoms with Crippen molar-refractivity contribution in [3.8, 4) is 0 Å². The van der Waals surface area contributed by atoms with E-state index in [0.717, 1.165) is 69.6 Å². The molecule has 35 heavy (non-hydrogen) atoms. The molecule has 2 aliphatic heterocycles. The molecule has 2 amide bonds. The summed E-state index contributed by atoms with van der Waals surface area (Å²) in [5, 5.41) is 7.53. The Balaban J connectivity index is 0.851. The smallest absolute Gasteiger partial charge is 0.323 e. The van der Waals surface area contributed by atoms with E-state index in [0.29, 0.717) is 29.9 Å². The van der Waals surface area contributed by atoms with Gasteiger partial charge in [-0.25, -0.2) is 9.78 Å². The summed E-state index contributed by atoms with van der Waals surface area (Å²) < 4.78 is 38.8. The number of carbonyl (C=O) groups is 1. The number of alkyl halides is 3. The van der Waals surface area contributed by atoms with Gasteiger partial charge < -0.3 is 9.80 Å². The molecular formula is C25H29F3N6O. The Morgan fingerprint density at radius 1 is 1.03 bits per heavy atom. The maximum atomic E-state index is 12.9. The molecular weight excluding hydrogens is 457 g/mol. The summed E-state index contributed by atoms with van der Waals surface area (Å²) in [7, 11) is 0. The van der Waals surface area contributed by atoms with Crippen LogP contribution in [0.2, 0.25) is 0 Å². The third kappa shape index (κ3) is 3.71. The highest BCUT2D eigenvalue weighted by Crippen LogP contribution is 2.57. The van der Waals surface area contributed by atoms with Gasteiger partial charge in [0.1, 0.15) is 5.82 Å². The summed E-state index contributed by atoms with van der Waals surface area (Å²) in [5.74, 6) is 3.35. The molecule has 7 nitrogen and oxygen atoms in total. The summed E-state index contributed by atoms with van der Waals surface area (Å²) in [5.41, 5.74) is 0.288. The number of likely N-dealkylation sites (tertiary alicyclic amines) is 2. The zero-order valence-electron chi connectivity index (χ0n) is 19.5. The Hall–Kier alpha value is -2.65. The third-order valence-electron chi connectivity index (χ3n) is 8.94. The van der Waals surface area contributed by atoms with Gasteiger partial charge in [-0.1, -0.05) is 0 Å². The average molecular weight is 487 g/mol. The summed E-state index contributed by atoms with van der Waals surface area (Å²) in [6, 6.07) is 2.33. The number of rotatable bonds is 4. The zero-order chi connectivity index (χ0) is 24.0. The molecule has 2 aromatic rings. The molecule has 3 aliphatic carbocycles. The second-order valence-corrected chi connectivity index (χ2v) is 12.0. The van der Waals surface area contributed by atoms with Gasteiger partial charge in [0.05, 0.1) is 5.56 Å². The van der Waals surface area contributed by atoms with E-state index in [-0.39, 0.29) is 16.9 Å². The van der Waals surface area contributed by atoms with Crippen molar-refractivity contribution in [1.29, 1.82) is 0 Å². The number of carbonyl (C=O) groups excluding carboxylic acids is 1. The molecule has 186 valence electrons. The Kier molecular flexibility index (Phi) is 4.44. The highest BCUT2D eigenvalue weighted by Gasteiger charge is 2.58. The number of hydrogen-bond donors (Lipinski definition) is 1. The molecule has 2 spiro atoms. The first-order valence-electron chi connectivity index (χ1n) is 12.7. The van der Waals surface area contributed by atoms with E-state index in [1.54, 1.807) is 0 Å². The molecule has 0 unspecified atom stereocenters. The standard InChI is InChI=1S/C25H29F3N6O/c26-25(27,28)18-3-4-29-19(6-18)5-15-7-23(8-15)11-33(12-23)22(35)34-13-24(14-34)9-17(10-24)21-30-20(31-32-21)16-1-2-16/h3-4,6,15-17H,1-2,5,7-14H2,(H,30,31,32). The third-order valence-corrected chi connectivity index (χ3v) is 8.94. The number of nitrogens with one attached hydrogen (secondary N) is 1. The molecule has 10 heteroatoms. The van der Waals surface area contributed by atoms with Crippen molar-refractivity contribution in [2.75, 3.05) is 26.2 Å². The first-order valence-corrected chi connectivity index (χ1v) is 12.7. The molecule has 2 saturated heterocycles. The van der Waals surface area contributed by atoms with Gasteiger partial charge in [-0.2, -0.15) is 18.3 Å². The Bertz CT molecular complexity index is 1150. The van der Waals surface area contributed by atoms with E-state index in [9.17, 15) is 18.0 Å². The molecule has 0 bridgehead atoms. The van der Waals surface area contributed by atoms with E-state index in [4.69, 9.17) is 4.98 Å². The number of aromatic amines is 1. The van der Waals surface area contributed by atoms with Gasteiger partial charge in [-0.05, 0) is 63.0 Å². The van der Waals surface area contributed by atoms with Gasteiger partial charge in [0.2, 0.25) is 0 Å². The summed E-state index contributed by atoms with van der Waals surface area (Å²) in [6.45, 7) is 3.20. The largest absolute Gasteiger partial charge is 0.416 e. The highest BCUT2D eigenvalue weighted by molar-refractivity contribution is 5.77. The van der Waals surface area contributed by atoms with Gasteiger partial charge >= 0.3 is 12.2 Å². The fraction of sp³-hybridized carbons (Fsp3) is 0.680. The van der Waals surface area contributed by atoms with Crippen molar-refractivity contribution < 1.29 is 18.0 Å². The van der Waals surface area contributed by atoms with E-state index in [1.165, 1.54) is 25.1 Å². The maximum absolute atomic E-state index is 12.9.